The first-order chi connectivity index (χ1) is 15.4. The second-order valence-electron chi connectivity index (χ2n) is 7.27. The average molecular weight is 448 g/mol. The lowest BCUT2D eigenvalue weighted by Crippen LogP contribution is -2.31. The number of nitrogens with zero attached hydrogens (tertiary/aromatic N) is 1. The third-order valence-corrected chi connectivity index (χ3v) is 6.18. The van der Waals surface area contributed by atoms with Gasteiger partial charge in [0.15, 0.2) is 5.76 Å². The van der Waals surface area contributed by atoms with Crippen LogP contribution in [-0.4, -0.2) is 29.4 Å². The van der Waals surface area contributed by atoms with Gasteiger partial charge in [0.1, 0.15) is 0 Å². The van der Waals surface area contributed by atoms with Crippen LogP contribution in [0.4, 0.5) is 5.69 Å². The van der Waals surface area contributed by atoms with E-state index in [1.165, 1.54) is 22.3 Å². The minimum Gasteiger partial charge on any atom is -0.503 e. The Labute approximate surface area is 189 Å². The van der Waals surface area contributed by atoms with Crippen LogP contribution in [0.3, 0.4) is 0 Å². The van der Waals surface area contributed by atoms with Gasteiger partial charge < -0.3 is 9.84 Å². The maximum absolute atomic E-state index is 13.3. The minimum atomic E-state index is -0.837. The molecule has 162 valence electrons. The fraction of sp³-hybridized carbons (Fsp3) is 0.160. The zero-order chi connectivity index (χ0) is 22.8. The first-order valence-electron chi connectivity index (χ1n) is 10.1. The molecule has 1 atom stereocenters. The summed E-state index contributed by atoms with van der Waals surface area (Å²) in [5, 5.41) is 12.6. The number of Topliss-reactive ketones (excluding diaryl/α,β-unsaturated/α-hetero) is 1. The van der Waals surface area contributed by atoms with Crippen LogP contribution in [0.25, 0.3) is 0 Å². The van der Waals surface area contributed by atoms with Crippen molar-refractivity contribution in [2.24, 2.45) is 0 Å². The first kappa shape index (κ1) is 21.5. The molecule has 1 unspecified atom stereocenters. The lowest BCUT2D eigenvalue weighted by molar-refractivity contribution is -0.117. The molecule has 0 spiro atoms. The summed E-state index contributed by atoms with van der Waals surface area (Å²) in [5.74, 6) is -2.19. The van der Waals surface area contributed by atoms with Gasteiger partial charge in [-0.05, 0) is 54.6 Å². The van der Waals surface area contributed by atoms with Gasteiger partial charge in [-0.2, -0.15) is 0 Å². The third kappa shape index (κ3) is 3.71. The van der Waals surface area contributed by atoms with Crippen molar-refractivity contribution in [1.82, 2.24) is 0 Å². The van der Waals surface area contributed by atoms with Crippen molar-refractivity contribution in [2.75, 3.05) is 11.5 Å². The minimum absolute atomic E-state index is 0.0216. The lowest BCUT2D eigenvalue weighted by atomic mass is 9.92. The maximum Gasteiger partial charge on any atom is 0.338 e. The second-order valence-corrected chi connectivity index (χ2v) is 8.22. The van der Waals surface area contributed by atoms with Crippen molar-refractivity contribution in [1.29, 1.82) is 0 Å². The molecular formula is C25H21NO5S. The molecular weight excluding hydrogens is 426 g/mol. The molecule has 0 radical (unpaired) electrons. The molecule has 1 aromatic heterocycles. The number of hydrogen-bond acceptors (Lipinski definition) is 6. The Hall–Kier alpha value is -3.71. The molecule has 0 fully saturated rings. The predicted molar refractivity (Wildman–Crippen MR) is 122 cm³/mol. The molecule has 1 amide bonds. The zero-order valence-corrected chi connectivity index (χ0v) is 18.4. The smallest absolute Gasteiger partial charge is 0.338 e. The number of carbonyl (C=O) groups is 3. The number of aliphatic hydroxyl groups excluding tert-OH is 1. The summed E-state index contributed by atoms with van der Waals surface area (Å²) in [5.41, 5.74) is 2.26. The van der Waals surface area contributed by atoms with Gasteiger partial charge in [-0.15, -0.1) is 11.3 Å². The van der Waals surface area contributed by atoms with Crippen molar-refractivity contribution in [2.45, 2.75) is 19.9 Å². The molecule has 0 aliphatic carbocycles. The SMILES string of the molecule is CCOC(=O)c1cccc(N2C(=O)C(O)=C(C(=O)c3cccs3)C2c2ccccc2C)c1. The van der Waals surface area contributed by atoms with E-state index in [4.69, 9.17) is 4.74 Å². The van der Waals surface area contributed by atoms with Crippen LogP contribution >= 0.6 is 11.3 Å². The maximum atomic E-state index is 13.3. The Bertz CT molecular complexity index is 1230. The molecule has 4 rings (SSSR count). The van der Waals surface area contributed by atoms with Gasteiger partial charge >= 0.3 is 5.97 Å². The number of amides is 1. The molecule has 0 saturated heterocycles. The summed E-state index contributed by atoms with van der Waals surface area (Å²) >= 11 is 1.25. The first-order valence-corrected chi connectivity index (χ1v) is 11.0. The number of benzene rings is 2. The summed E-state index contributed by atoms with van der Waals surface area (Å²) in [6.45, 7) is 3.82. The molecule has 3 aromatic rings. The number of carbonyl (C=O) groups excluding carboxylic acids is 3. The quantitative estimate of drug-likeness (QED) is 0.424. The van der Waals surface area contributed by atoms with Crippen LogP contribution in [0.1, 0.15) is 44.1 Å². The number of ether oxygens (including phenoxy) is 1. The molecule has 7 heteroatoms. The van der Waals surface area contributed by atoms with Gasteiger partial charge in [0, 0.05) is 5.69 Å². The number of thiophene rings is 1. The number of aryl methyl sites for hydroxylation is 1. The van der Waals surface area contributed by atoms with Crippen molar-refractivity contribution in [3.05, 3.63) is 98.9 Å². The van der Waals surface area contributed by atoms with E-state index in [9.17, 15) is 19.5 Å². The number of aliphatic hydroxyl groups is 1. The Kier molecular flexibility index (Phi) is 5.92. The molecule has 2 aromatic carbocycles. The average Bonchev–Trinajstić information content (AvgIpc) is 3.42. The van der Waals surface area contributed by atoms with E-state index >= 15 is 0 Å². The highest BCUT2D eigenvalue weighted by molar-refractivity contribution is 7.12. The Balaban J connectivity index is 1.87. The highest BCUT2D eigenvalue weighted by Crippen LogP contribution is 2.43. The Morgan fingerprint density at radius 3 is 2.56 bits per heavy atom. The van der Waals surface area contributed by atoms with E-state index in [-0.39, 0.29) is 17.7 Å². The monoisotopic (exact) mass is 447 g/mol. The topological polar surface area (TPSA) is 83.9 Å². The van der Waals surface area contributed by atoms with E-state index in [2.05, 4.69) is 0 Å². The number of hydrogen-bond donors (Lipinski definition) is 1. The second kappa shape index (κ2) is 8.80. The van der Waals surface area contributed by atoms with Gasteiger partial charge in [-0.1, -0.05) is 36.4 Å². The van der Waals surface area contributed by atoms with Gasteiger partial charge in [-0.25, -0.2) is 4.79 Å². The van der Waals surface area contributed by atoms with E-state index in [0.29, 0.717) is 16.1 Å². The fourth-order valence-corrected chi connectivity index (χ4v) is 4.51. The van der Waals surface area contributed by atoms with E-state index in [1.807, 2.05) is 31.2 Å². The normalized spacial score (nSPS) is 15.9. The summed E-state index contributed by atoms with van der Waals surface area (Å²) in [7, 11) is 0. The number of ketones is 1. The van der Waals surface area contributed by atoms with Crippen LogP contribution < -0.4 is 4.90 Å². The largest absolute Gasteiger partial charge is 0.503 e. The van der Waals surface area contributed by atoms with Gasteiger partial charge in [0.2, 0.25) is 5.78 Å². The summed E-state index contributed by atoms with van der Waals surface area (Å²) in [6.07, 6.45) is 0. The molecule has 2 heterocycles. The van der Waals surface area contributed by atoms with E-state index < -0.39 is 29.5 Å². The molecule has 1 N–H and O–H groups in total. The summed E-state index contributed by atoms with van der Waals surface area (Å²) in [6, 6.07) is 16.4. The van der Waals surface area contributed by atoms with Crippen LogP contribution in [-0.2, 0) is 9.53 Å². The Morgan fingerprint density at radius 1 is 1.09 bits per heavy atom. The summed E-state index contributed by atoms with van der Waals surface area (Å²) < 4.78 is 5.08. The van der Waals surface area contributed by atoms with Crippen LogP contribution in [0.2, 0.25) is 0 Å². The van der Waals surface area contributed by atoms with Crippen molar-refractivity contribution < 1.29 is 24.2 Å². The predicted octanol–water partition coefficient (Wildman–Crippen LogP) is 5.02. The molecule has 32 heavy (non-hydrogen) atoms. The number of anilines is 1. The van der Waals surface area contributed by atoms with E-state index in [0.717, 1.165) is 5.56 Å². The highest BCUT2D eigenvalue weighted by Gasteiger charge is 2.45. The standard InChI is InChI=1S/C25H21NO5S/c1-3-31-25(30)16-9-6-10-17(14-16)26-21(18-11-5-4-8-15(18)2)20(23(28)24(26)29)22(27)19-12-7-13-32-19/h4-14,21,28H,3H2,1-2H3. The van der Waals surface area contributed by atoms with Crippen molar-refractivity contribution in [3.8, 4) is 0 Å². The van der Waals surface area contributed by atoms with Gasteiger partial charge in [0.05, 0.1) is 28.7 Å². The molecule has 6 nitrogen and oxygen atoms in total. The molecule has 0 saturated carbocycles. The van der Waals surface area contributed by atoms with Crippen molar-refractivity contribution in [3.63, 3.8) is 0 Å². The van der Waals surface area contributed by atoms with Crippen LogP contribution in [0.5, 0.6) is 0 Å². The lowest BCUT2D eigenvalue weighted by Gasteiger charge is -2.28. The van der Waals surface area contributed by atoms with E-state index in [1.54, 1.807) is 42.6 Å². The van der Waals surface area contributed by atoms with Crippen molar-refractivity contribution >= 4 is 34.7 Å². The molecule has 1 aliphatic heterocycles. The molecule has 0 bridgehead atoms. The third-order valence-electron chi connectivity index (χ3n) is 5.32. The molecule has 1 aliphatic rings. The van der Waals surface area contributed by atoms with Crippen LogP contribution in [0, 0.1) is 6.92 Å². The van der Waals surface area contributed by atoms with Crippen LogP contribution in [0.15, 0.2) is 77.4 Å². The highest BCUT2D eigenvalue weighted by atomic mass is 32.1. The van der Waals surface area contributed by atoms with Gasteiger partial charge in [0.25, 0.3) is 5.91 Å². The Morgan fingerprint density at radius 2 is 1.88 bits per heavy atom. The zero-order valence-electron chi connectivity index (χ0n) is 17.6. The van der Waals surface area contributed by atoms with Gasteiger partial charge in [-0.3, -0.25) is 14.5 Å². The number of rotatable bonds is 6. The summed E-state index contributed by atoms with van der Waals surface area (Å²) in [4.78, 5) is 40.6. The number of esters is 1. The fourth-order valence-electron chi connectivity index (χ4n) is 3.83.